The molecule has 0 aliphatic rings. The van der Waals surface area contributed by atoms with Gasteiger partial charge < -0.3 is 10.2 Å². The quantitative estimate of drug-likeness (QED) is 0.381. The standard InChI is InChI=1S/C6H14O4/c1-6(8,2-4-7)3-5-10-9/h7-9H,2-5H2,1H3. The largest absolute Gasteiger partial charge is 0.396 e. The van der Waals surface area contributed by atoms with Gasteiger partial charge in [0.25, 0.3) is 0 Å². The summed E-state index contributed by atoms with van der Waals surface area (Å²) in [4.78, 5) is 3.78. The van der Waals surface area contributed by atoms with Crippen molar-refractivity contribution in [1.82, 2.24) is 0 Å². The van der Waals surface area contributed by atoms with Crippen LogP contribution in [0.25, 0.3) is 0 Å². The monoisotopic (exact) mass is 150 g/mol. The lowest BCUT2D eigenvalue weighted by Gasteiger charge is -2.20. The van der Waals surface area contributed by atoms with E-state index >= 15 is 0 Å². The average Bonchev–Trinajstić information content (AvgIpc) is 1.84. The molecule has 0 amide bonds. The molecular formula is C6H14O4. The van der Waals surface area contributed by atoms with Crippen LogP contribution in [0.2, 0.25) is 0 Å². The third-order valence-corrected chi connectivity index (χ3v) is 1.38. The zero-order chi connectivity index (χ0) is 8.04. The molecule has 0 fully saturated rings. The van der Waals surface area contributed by atoms with E-state index in [1.807, 2.05) is 0 Å². The molecular weight excluding hydrogens is 136 g/mol. The van der Waals surface area contributed by atoms with E-state index in [-0.39, 0.29) is 13.2 Å². The van der Waals surface area contributed by atoms with Gasteiger partial charge in [-0.15, -0.1) is 0 Å². The highest BCUT2D eigenvalue weighted by molar-refractivity contribution is 4.70. The first-order chi connectivity index (χ1) is 4.62. The predicted molar refractivity (Wildman–Crippen MR) is 35.5 cm³/mol. The van der Waals surface area contributed by atoms with Gasteiger partial charge in [-0.1, -0.05) is 0 Å². The summed E-state index contributed by atoms with van der Waals surface area (Å²) < 4.78 is 0. The molecule has 0 rings (SSSR count). The summed E-state index contributed by atoms with van der Waals surface area (Å²) in [5.74, 6) is 0. The Morgan fingerprint density at radius 1 is 1.40 bits per heavy atom. The smallest absolute Gasteiger partial charge is 0.0847 e. The zero-order valence-electron chi connectivity index (χ0n) is 6.08. The van der Waals surface area contributed by atoms with E-state index in [9.17, 15) is 5.11 Å². The summed E-state index contributed by atoms with van der Waals surface area (Å²) in [5.41, 5.74) is -0.933. The third-order valence-electron chi connectivity index (χ3n) is 1.38. The Kier molecular flexibility index (Phi) is 4.55. The van der Waals surface area contributed by atoms with Crippen LogP contribution in [0.3, 0.4) is 0 Å². The Balaban J connectivity index is 3.42. The van der Waals surface area contributed by atoms with Gasteiger partial charge >= 0.3 is 0 Å². The summed E-state index contributed by atoms with van der Waals surface area (Å²) in [6.45, 7) is 1.62. The molecule has 0 radical (unpaired) electrons. The lowest BCUT2D eigenvalue weighted by Crippen LogP contribution is -2.27. The summed E-state index contributed by atoms with van der Waals surface area (Å²) in [7, 11) is 0. The van der Waals surface area contributed by atoms with Crippen LogP contribution in [0.4, 0.5) is 0 Å². The van der Waals surface area contributed by atoms with Gasteiger partial charge in [0.2, 0.25) is 0 Å². The van der Waals surface area contributed by atoms with Crippen LogP contribution in [0.1, 0.15) is 19.8 Å². The van der Waals surface area contributed by atoms with Gasteiger partial charge in [0.15, 0.2) is 0 Å². The van der Waals surface area contributed by atoms with Crippen molar-refractivity contribution >= 4 is 0 Å². The third kappa shape index (κ3) is 4.69. The second kappa shape index (κ2) is 4.62. The predicted octanol–water partition coefficient (Wildman–Crippen LogP) is -0.000500. The Morgan fingerprint density at radius 3 is 2.40 bits per heavy atom. The maximum Gasteiger partial charge on any atom is 0.0847 e. The topological polar surface area (TPSA) is 69.9 Å². The van der Waals surface area contributed by atoms with E-state index in [0.29, 0.717) is 12.8 Å². The minimum Gasteiger partial charge on any atom is -0.396 e. The van der Waals surface area contributed by atoms with Crippen LogP contribution in [-0.2, 0) is 4.89 Å². The van der Waals surface area contributed by atoms with E-state index in [0.717, 1.165) is 0 Å². The number of aliphatic hydroxyl groups excluding tert-OH is 1. The number of hydrogen-bond donors (Lipinski definition) is 3. The van der Waals surface area contributed by atoms with Crippen molar-refractivity contribution in [2.24, 2.45) is 0 Å². The van der Waals surface area contributed by atoms with Crippen LogP contribution in [-0.4, -0.2) is 34.3 Å². The van der Waals surface area contributed by atoms with E-state index < -0.39 is 5.60 Å². The summed E-state index contributed by atoms with van der Waals surface area (Å²) in [5, 5.41) is 25.7. The fourth-order valence-electron chi connectivity index (χ4n) is 0.631. The number of aliphatic hydroxyl groups is 2. The van der Waals surface area contributed by atoms with Crippen LogP contribution in [0, 0.1) is 0 Å². The van der Waals surface area contributed by atoms with E-state index in [2.05, 4.69) is 4.89 Å². The summed E-state index contributed by atoms with van der Waals surface area (Å²) in [6, 6.07) is 0. The Labute approximate surface area is 60.0 Å². The zero-order valence-corrected chi connectivity index (χ0v) is 6.08. The fourth-order valence-corrected chi connectivity index (χ4v) is 0.631. The van der Waals surface area contributed by atoms with Crippen molar-refractivity contribution in [2.75, 3.05) is 13.2 Å². The van der Waals surface area contributed by atoms with Crippen molar-refractivity contribution < 1.29 is 20.4 Å². The highest BCUT2D eigenvalue weighted by atomic mass is 17.1. The molecule has 4 nitrogen and oxygen atoms in total. The molecule has 0 aromatic carbocycles. The van der Waals surface area contributed by atoms with Gasteiger partial charge in [-0.3, -0.25) is 5.26 Å². The molecule has 0 aromatic heterocycles. The molecule has 0 bridgehead atoms. The molecule has 10 heavy (non-hydrogen) atoms. The Bertz CT molecular complexity index is 81.8. The highest BCUT2D eigenvalue weighted by Gasteiger charge is 2.18. The first kappa shape index (κ1) is 9.84. The molecule has 0 saturated heterocycles. The summed E-state index contributed by atoms with van der Waals surface area (Å²) >= 11 is 0. The van der Waals surface area contributed by atoms with Gasteiger partial charge in [-0.25, -0.2) is 4.89 Å². The summed E-state index contributed by atoms with van der Waals surface area (Å²) in [6.07, 6.45) is 0.625. The average molecular weight is 150 g/mol. The van der Waals surface area contributed by atoms with Crippen molar-refractivity contribution in [3.63, 3.8) is 0 Å². The Hall–Kier alpha value is -0.160. The van der Waals surface area contributed by atoms with E-state index in [1.165, 1.54) is 0 Å². The molecule has 0 aliphatic heterocycles. The van der Waals surface area contributed by atoms with Gasteiger partial charge in [-0.2, -0.15) is 0 Å². The molecule has 0 heterocycles. The molecule has 1 atom stereocenters. The van der Waals surface area contributed by atoms with Gasteiger partial charge in [0.1, 0.15) is 0 Å². The van der Waals surface area contributed by atoms with Crippen molar-refractivity contribution in [3.05, 3.63) is 0 Å². The van der Waals surface area contributed by atoms with Crippen molar-refractivity contribution in [2.45, 2.75) is 25.4 Å². The molecule has 0 spiro atoms. The highest BCUT2D eigenvalue weighted by Crippen LogP contribution is 2.12. The lowest BCUT2D eigenvalue weighted by atomic mass is 9.99. The molecule has 62 valence electrons. The van der Waals surface area contributed by atoms with Crippen LogP contribution in [0.15, 0.2) is 0 Å². The molecule has 0 aromatic rings. The Morgan fingerprint density at radius 2 is 2.00 bits per heavy atom. The van der Waals surface area contributed by atoms with Gasteiger partial charge in [0.05, 0.1) is 12.2 Å². The SMILES string of the molecule is CC(O)(CCO)CCOO. The maximum absolute atomic E-state index is 9.29. The van der Waals surface area contributed by atoms with E-state index in [1.54, 1.807) is 6.92 Å². The first-order valence-electron chi connectivity index (χ1n) is 3.22. The number of rotatable bonds is 5. The minimum absolute atomic E-state index is 0.0571. The second-order valence-corrected chi connectivity index (χ2v) is 2.55. The van der Waals surface area contributed by atoms with Crippen molar-refractivity contribution in [1.29, 1.82) is 0 Å². The van der Waals surface area contributed by atoms with Crippen LogP contribution < -0.4 is 0 Å². The normalized spacial score (nSPS) is 16.8. The molecule has 0 saturated carbocycles. The fraction of sp³-hybridized carbons (Fsp3) is 1.00. The minimum atomic E-state index is -0.933. The van der Waals surface area contributed by atoms with Crippen molar-refractivity contribution in [3.8, 4) is 0 Å². The second-order valence-electron chi connectivity index (χ2n) is 2.55. The lowest BCUT2D eigenvalue weighted by molar-refractivity contribution is -0.249. The molecule has 4 heteroatoms. The van der Waals surface area contributed by atoms with E-state index in [4.69, 9.17) is 10.4 Å². The van der Waals surface area contributed by atoms with Gasteiger partial charge in [0, 0.05) is 13.0 Å². The first-order valence-corrected chi connectivity index (χ1v) is 3.22. The molecule has 3 N–H and O–H groups in total. The molecule has 0 aliphatic carbocycles. The number of hydrogen-bond acceptors (Lipinski definition) is 4. The van der Waals surface area contributed by atoms with Crippen LogP contribution >= 0.6 is 0 Å². The maximum atomic E-state index is 9.29. The van der Waals surface area contributed by atoms with Crippen LogP contribution in [0.5, 0.6) is 0 Å². The van der Waals surface area contributed by atoms with Gasteiger partial charge in [-0.05, 0) is 13.3 Å². The molecule has 1 unspecified atom stereocenters.